The van der Waals surface area contributed by atoms with Gasteiger partial charge < -0.3 is 10.1 Å². The summed E-state index contributed by atoms with van der Waals surface area (Å²) < 4.78 is 32.2. The topological polar surface area (TPSA) is 75.7 Å². The summed E-state index contributed by atoms with van der Waals surface area (Å²) in [6.07, 6.45) is 1.47. The van der Waals surface area contributed by atoms with Crippen molar-refractivity contribution in [2.24, 2.45) is 0 Å². The second-order valence-corrected chi connectivity index (χ2v) is 9.84. The van der Waals surface area contributed by atoms with Crippen LogP contribution in [0.1, 0.15) is 24.5 Å². The van der Waals surface area contributed by atoms with E-state index < -0.39 is 16.1 Å². The number of hydrogen-bond acceptors (Lipinski definition) is 4. The Kier molecular flexibility index (Phi) is 7.40. The highest BCUT2D eigenvalue weighted by Crippen LogP contribution is 2.25. The molecule has 1 atom stereocenters. The number of fused-ring (bicyclic) bond motifs is 1. The van der Waals surface area contributed by atoms with Crippen LogP contribution in [0.25, 0.3) is 10.8 Å². The first-order chi connectivity index (χ1) is 15.2. The molecule has 0 saturated heterocycles. The molecule has 6 nitrogen and oxygen atoms in total. The van der Waals surface area contributed by atoms with Gasteiger partial charge in [-0.1, -0.05) is 43.3 Å². The summed E-state index contributed by atoms with van der Waals surface area (Å²) in [4.78, 5) is 12.9. The molecule has 0 unspecified atom stereocenters. The van der Waals surface area contributed by atoms with Crippen LogP contribution in [0.15, 0.2) is 60.7 Å². The molecule has 0 aliphatic rings. The summed E-state index contributed by atoms with van der Waals surface area (Å²) >= 11 is 0. The molecule has 1 N–H and O–H groups in total. The minimum atomic E-state index is -3.66. The summed E-state index contributed by atoms with van der Waals surface area (Å²) in [5.74, 6) is 0.372. The Bertz CT molecular complexity index is 1190. The van der Waals surface area contributed by atoms with Gasteiger partial charge in [0.2, 0.25) is 15.9 Å². The van der Waals surface area contributed by atoms with Crippen LogP contribution >= 0.6 is 0 Å². The maximum Gasteiger partial charge on any atom is 0.244 e. The van der Waals surface area contributed by atoms with Gasteiger partial charge in [-0.2, -0.15) is 0 Å². The summed E-state index contributed by atoms with van der Waals surface area (Å²) in [7, 11) is -3.66. The lowest BCUT2D eigenvalue weighted by Crippen LogP contribution is -2.50. The van der Waals surface area contributed by atoms with Gasteiger partial charge in [-0.05, 0) is 66.4 Å². The lowest BCUT2D eigenvalue weighted by atomic mass is 10.1. The van der Waals surface area contributed by atoms with Crippen LogP contribution in [-0.2, 0) is 14.8 Å². The normalized spacial score (nSPS) is 12.4. The van der Waals surface area contributed by atoms with E-state index in [0.29, 0.717) is 12.1 Å². The molecule has 0 saturated carbocycles. The number of benzene rings is 3. The number of carbonyl (C=O) groups excluding carboxylic acids is 1. The van der Waals surface area contributed by atoms with Crippen LogP contribution in [0.4, 0.5) is 5.69 Å². The van der Waals surface area contributed by atoms with Gasteiger partial charge in [-0.25, -0.2) is 8.42 Å². The summed E-state index contributed by atoms with van der Waals surface area (Å²) in [6, 6.07) is 18.5. The number of aryl methyl sites for hydroxylation is 2. The molecule has 7 heteroatoms. The van der Waals surface area contributed by atoms with Crippen LogP contribution < -0.4 is 14.4 Å². The number of rotatable bonds is 9. The van der Waals surface area contributed by atoms with Gasteiger partial charge in [0.1, 0.15) is 18.4 Å². The lowest BCUT2D eigenvalue weighted by Gasteiger charge is -2.30. The molecular weight excluding hydrogens is 424 g/mol. The van der Waals surface area contributed by atoms with Crippen molar-refractivity contribution in [3.05, 3.63) is 71.8 Å². The van der Waals surface area contributed by atoms with E-state index >= 15 is 0 Å². The van der Waals surface area contributed by atoms with Crippen molar-refractivity contribution in [2.75, 3.05) is 23.7 Å². The van der Waals surface area contributed by atoms with E-state index in [1.165, 1.54) is 4.31 Å². The predicted molar refractivity (Wildman–Crippen MR) is 130 cm³/mol. The Morgan fingerprint density at radius 2 is 1.66 bits per heavy atom. The quantitative estimate of drug-likeness (QED) is 0.492. The number of nitrogens with zero attached hydrogens (tertiary/aromatic N) is 1. The first-order valence-corrected chi connectivity index (χ1v) is 12.5. The number of nitrogens with one attached hydrogen (secondary N) is 1. The Balaban J connectivity index is 1.66. The second-order valence-electron chi connectivity index (χ2n) is 7.98. The molecule has 0 heterocycles. The van der Waals surface area contributed by atoms with Gasteiger partial charge in [-0.3, -0.25) is 9.10 Å². The second kappa shape index (κ2) is 10.0. The summed E-state index contributed by atoms with van der Waals surface area (Å²) in [5, 5.41) is 5.03. The van der Waals surface area contributed by atoms with E-state index in [1.807, 2.05) is 62.4 Å². The van der Waals surface area contributed by atoms with Gasteiger partial charge >= 0.3 is 0 Å². The molecule has 1 amide bonds. The summed E-state index contributed by atoms with van der Waals surface area (Å²) in [5.41, 5.74) is 2.37. The van der Waals surface area contributed by atoms with Crippen molar-refractivity contribution in [1.29, 1.82) is 0 Å². The first kappa shape index (κ1) is 23.6. The Labute approximate surface area is 190 Å². The predicted octanol–water partition coefficient (Wildman–Crippen LogP) is 4.20. The molecule has 0 aliphatic heterocycles. The van der Waals surface area contributed by atoms with Gasteiger partial charge in [0.05, 0.1) is 18.5 Å². The highest BCUT2D eigenvalue weighted by atomic mass is 32.2. The first-order valence-electron chi connectivity index (χ1n) is 10.7. The smallest absolute Gasteiger partial charge is 0.244 e. The van der Waals surface area contributed by atoms with Crippen LogP contribution in [0, 0.1) is 13.8 Å². The fourth-order valence-corrected chi connectivity index (χ4v) is 5.05. The monoisotopic (exact) mass is 454 g/mol. The van der Waals surface area contributed by atoms with Gasteiger partial charge in [0.15, 0.2) is 0 Å². The average Bonchev–Trinajstić information content (AvgIpc) is 2.73. The standard InChI is InChI=1S/C25H30N2O4S/c1-5-24(27(32(4,29)30)22-15-18(2)14-19(3)16-22)25(28)26-12-13-31-23-11-10-20-8-6-7-9-21(20)17-23/h6-11,14-17,24H,5,12-13H2,1-4H3,(H,26,28)/t24-/m0/s1. The zero-order chi connectivity index (χ0) is 23.3. The maximum atomic E-state index is 12.9. The van der Waals surface area contributed by atoms with Crippen molar-refractivity contribution in [2.45, 2.75) is 33.2 Å². The van der Waals surface area contributed by atoms with E-state index in [1.54, 1.807) is 19.1 Å². The molecule has 0 spiro atoms. The van der Waals surface area contributed by atoms with Crippen molar-refractivity contribution in [1.82, 2.24) is 5.32 Å². The largest absolute Gasteiger partial charge is 0.492 e. The van der Waals surface area contributed by atoms with Crippen molar-refractivity contribution in [3.8, 4) is 5.75 Å². The lowest BCUT2D eigenvalue weighted by molar-refractivity contribution is -0.122. The number of carbonyl (C=O) groups is 1. The van der Waals surface area contributed by atoms with Gasteiger partial charge in [-0.15, -0.1) is 0 Å². The van der Waals surface area contributed by atoms with E-state index in [4.69, 9.17) is 4.74 Å². The van der Waals surface area contributed by atoms with E-state index in [2.05, 4.69) is 5.32 Å². The van der Waals surface area contributed by atoms with Gasteiger partial charge in [0, 0.05) is 0 Å². The van der Waals surface area contributed by atoms with E-state index in [-0.39, 0.29) is 19.1 Å². The molecular formula is C25H30N2O4S. The average molecular weight is 455 g/mol. The zero-order valence-electron chi connectivity index (χ0n) is 19.0. The third-order valence-corrected chi connectivity index (χ3v) is 6.36. The Hall–Kier alpha value is -3.06. The van der Waals surface area contributed by atoms with Crippen LogP contribution in [-0.4, -0.2) is 39.8 Å². The minimum Gasteiger partial charge on any atom is -0.492 e. The third-order valence-electron chi connectivity index (χ3n) is 5.18. The minimum absolute atomic E-state index is 0.270. The highest BCUT2D eigenvalue weighted by molar-refractivity contribution is 7.92. The number of anilines is 1. The van der Waals surface area contributed by atoms with E-state index in [9.17, 15) is 13.2 Å². The van der Waals surface area contributed by atoms with Crippen molar-refractivity contribution < 1.29 is 17.9 Å². The number of amides is 1. The molecule has 3 aromatic rings. The molecule has 0 aliphatic carbocycles. The molecule has 32 heavy (non-hydrogen) atoms. The summed E-state index contributed by atoms with van der Waals surface area (Å²) in [6.45, 7) is 6.16. The SMILES string of the molecule is CC[C@@H](C(=O)NCCOc1ccc2ccccc2c1)N(c1cc(C)cc(C)c1)S(C)(=O)=O. The Morgan fingerprint density at radius 1 is 1.00 bits per heavy atom. The fourth-order valence-electron chi connectivity index (χ4n) is 3.86. The molecule has 170 valence electrons. The molecule has 0 radical (unpaired) electrons. The van der Waals surface area contributed by atoms with E-state index in [0.717, 1.165) is 33.9 Å². The maximum absolute atomic E-state index is 12.9. The Morgan fingerprint density at radius 3 is 2.28 bits per heavy atom. The third kappa shape index (κ3) is 5.79. The molecule has 0 fully saturated rings. The molecule has 0 aromatic heterocycles. The van der Waals surface area contributed by atoms with Gasteiger partial charge in [0.25, 0.3) is 0 Å². The number of ether oxygens (including phenoxy) is 1. The molecule has 0 bridgehead atoms. The molecule has 3 rings (SSSR count). The van der Waals surface area contributed by atoms with Crippen LogP contribution in [0.2, 0.25) is 0 Å². The number of sulfonamides is 1. The fraction of sp³-hybridized carbons (Fsp3) is 0.320. The number of hydrogen-bond donors (Lipinski definition) is 1. The van der Waals surface area contributed by atoms with Crippen molar-refractivity contribution in [3.63, 3.8) is 0 Å². The van der Waals surface area contributed by atoms with Crippen molar-refractivity contribution >= 4 is 32.4 Å². The molecule has 3 aromatic carbocycles. The zero-order valence-corrected chi connectivity index (χ0v) is 19.8. The highest BCUT2D eigenvalue weighted by Gasteiger charge is 2.31. The van der Waals surface area contributed by atoms with Crippen LogP contribution in [0.3, 0.4) is 0 Å². The van der Waals surface area contributed by atoms with Crippen LogP contribution in [0.5, 0.6) is 5.75 Å².